The summed E-state index contributed by atoms with van der Waals surface area (Å²) in [6.07, 6.45) is 10.4. The van der Waals surface area contributed by atoms with Crippen LogP contribution in [0.3, 0.4) is 0 Å². The van der Waals surface area contributed by atoms with Gasteiger partial charge in [0, 0.05) is 47.5 Å². The molecule has 3 heterocycles. The zero-order valence-electron chi connectivity index (χ0n) is 25.6. The maximum atomic E-state index is 13.5. The molecular formula is C33H35BrN6O5. The van der Waals surface area contributed by atoms with Gasteiger partial charge >= 0.3 is 5.97 Å². The number of halogens is 1. The van der Waals surface area contributed by atoms with E-state index in [-0.39, 0.29) is 11.7 Å². The first-order chi connectivity index (χ1) is 21.5. The summed E-state index contributed by atoms with van der Waals surface area (Å²) < 4.78 is 8.38. The van der Waals surface area contributed by atoms with Gasteiger partial charge in [0.25, 0.3) is 11.8 Å². The Morgan fingerprint density at radius 3 is 2.51 bits per heavy atom. The summed E-state index contributed by atoms with van der Waals surface area (Å²) in [5.41, 5.74) is 2.61. The Morgan fingerprint density at radius 2 is 1.84 bits per heavy atom. The summed E-state index contributed by atoms with van der Waals surface area (Å²) in [5.74, 6) is -0.600. The number of carboxylic acids is 1. The number of hydrogen-bond acceptors (Lipinski definition) is 7. The third-order valence-corrected chi connectivity index (χ3v) is 8.32. The molecule has 12 heteroatoms. The summed E-state index contributed by atoms with van der Waals surface area (Å²) in [6.45, 7) is 5.28. The summed E-state index contributed by atoms with van der Waals surface area (Å²) in [6, 6.07) is 8.75. The van der Waals surface area contributed by atoms with E-state index in [0.717, 1.165) is 40.0 Å². The van der Waals surface area contributed by atoms with Crippen molar-refractivity contribution in [1.29, 1.82) is 0 Å². The second kappa shape index (κ2) is 13.2. The van der Waals surface area contributed by atoms with Crippen LogP contribution in [-0.2, 0) is 16.6 Å². The number of carbonyl (C=O) groups is 3. The number of nitrogens with zero attached hydrogens (tertiary/aromatic N) is 4. The molecule has 0 atom stereocenters. The first-order valence-corrected chi connectivity index (χ1v) is 15.6. The molecule has 11 nitrogen and oxygen atoms in total. The van der Waals surface area contributed by atoms with Gasteiger partial charge in [-0.2, -0.15) is 4.98 Å². The van der Waals surface area contributed by atoms with E-state index >= 15 is 0 Å². The van der Waals surface area contributed by atoms with Crippen molar-refractivity contribution in [3.05, 3.63) is 70.0 Å². The number of anilines is 1. The first-order valence-electron chi connectivity index (χ1n) is 14.8. The Morgan fingerprint density at radius 1 is 1.13 bits per heavy atom. The molecule has 45 heavy (non-hydrogen) atoms. The Kier molecular flexibility index (Phi) is 9.33. The van der Waals surface area contributed by atoms with Crippen LogP contribution in [-0.4, -0.2) is 54.6 Å². The van der Waals surface area contributed by atoms with Gasteiger partial charge in [-0.25, -0.2) is 14.8 Å². The van der Waals surface area contributed by atoms with Crippen LogP contribution in [0.2, 0.25) is 0 Å². The number of carboxylic acid groups (broad SMARTS) is 1. The molecule has 3 aromatic heterocycles. The number of aromatic nitrogens is 4. The van der Waals surface area contributed by atoms with E-state index in [9.17, 15) is 14.4 Å². The first kappa shape index (κ1) is 31.8. The highest BCUT2D eigenvalue weighted by molar-refractivity contribution is 9.10. The van der Waals surface area contributed by atoms with Crippen molar-refractivity contribution >= 4 is 56.5 Å². The highest BCUT2D eigenvalue weighted by Crippen LogP contribution is 2.44. The number of benzene rings is 1. The molecule has 0 spiro atoms. The molecule has 0 bridgehead atoms. The zero-order chi connectivity index (χ0) is 32.3. The molecule has 234 valence electrons. The summed E-state index contributed by atoms with van der Waals surface area (Å²) in [4.78, 5) is 51.2. The Labute approximate surface area is 269 Å². The topological polar surface area (TPSA) is 148 Å². The lowest BCUT2D eigenvalue weighted by Gasteiger charge is -2.25. The zero-order valence-corrected chi connectivity index (χ0v) is 27.1. The fraction of sp³-hybridized carbons (Fsp3) is 0.333. The monoisotopic (exact) mass is 674 g/mol. The molecule has 3 N–H and O–H groups in total. The molecule has 1 aromatic carbocycles. The minimum atomic E-state index is -1.30. The van der Waals surface area contributed by atoms with Gasteiger partial charge in [-0.05, 0) is 91.4 Å². The predicted molar refractivity (Wildman–Crippen MR) is 175 cm³/mol. The van der Waals surface area contributed by atoms with Gasteiger partial charge in [0.2, 0.25) is 5.88 Å². The highest BCUT2D eigenvalue weighted by Gasteiger charge is 2.32. The summed E-state index contributed by atoms with van der Waals surface area (Å²) in [5, 5.41) is 15.6. The van der Waals surface area contributed by atoms with Crippen LogP contribution in [0, 0.1) is 0 Å². The smallest absolute Gasteiger partial charge is 0.328 e. The Bertz CT molecular complexity index is 1790. The van der Waals surface area contributed by atoms with Crippen LogP contribution in [0.25, 0.3) is 28.5 Å². The van der Waals surface area contributed by atoms with Crippen molar-refractivity contribution in [3.63, 3.8) is 0 Å². The van der Waals surface area contributed by atoms with Gasteiger partial charge in [-0.1, -0.05) is 18.9 Å². The van der Waals surface area contributed by atoms with Gasteiger partial charge < -0.3 is 25.0 Å². The summed E-state index contributed by atoms with van der Waals surface area (Å²) in [7, 11) is 1.97. The maximum Gasteiger partial charge on any atom is 0.328 e. The highest BCUT2D eigenvalue weighted by atomic mass is 79.9. The number of pyridine rings is 1. The molecule has 5 rings (SSSR count). The molecule has 1 aliphatic rings. The fourth-order valence-corrected chi connectivity index (χ4v) is 5.89. The van der Waals surface area contributed by atoms with E-state index in [1.54, 1.807) is 45.3 Å². The second-order valence-electron chi connectivity index (χ2n) is 11.5. The molecule has 1 saturated carbocycles. The number of aryl methyl sites for hydroxylation is 1. The van der Waals surface area contributed by atoms with Crippen LogP contribution < -0.4 is 15.4 Å². The molecule has 1 fully saturated rings. The summed E-state index contributed by atoms with van der Waals surface area (Å²) >= 11 is 3.42. The fourth-order valence-electron chi connectivity index (χ4n) is 5.69. The number of amides is 2. The van der Waals surface area contributed by atoms with Crippen LogP contribution in [0.15, 0.2) is 53.3 Å². The van der Waals surface area contributed by atoms with Crippen LogP contribution in [0.1, 0.15) is 73.9 Å². The molecule has 2 amide bonds. The number of hydrogen-bond donors (Lipinski definition) is 3. The van der Waals surface area contributed by atoms with Crippen molar-refractivity contribution in [3.8, 4) is 17.4 Å². The minimum absolute atomic E-state index is 0.176. The number of carbonyl (C=O) groups excluding carboxylic acids is 2. The van der Waals surface area contributed by atoms with E-state index in [4.69, 9.17) is 9.84 Å². The third-order valence-electron chi connectivity index (χ3n) is 7.91. The van der Waals surface area contributed by atoms with E-state index in [1.165, 1.54) is 30.5 Å². The van der Waals surface area contributed by atoms with Crippen LogP contribution in [0.4, 0.5) is 5.82 Å². The molecule has 0 aliphatic heterocycles. The molecular weight excluding hydrogens is 640 g/mol. The van der Waals surface area contributed by atoms with Crippen LogP contribution >= 0.6 is 15.9 Å². The van der Waals surface area contributed by atoms with Crippen molar-refractivity contribution in [2.45, 2.75) is 57.9 Å². The standard InChI is InChI=1S/C33H35BrN6O5/c1-5-45-31-20(12-15-26(41)42)11-14-25(37-31)38-32(44)33(2,3)39-30(43)21-10-13-23-24(16-21)40(4)28(27(23)19-8-6-7-9-19)29-35-17-22(34)18-36-29/h10-19H,5-9H2,1-4H3,(H,39,43)(H,41,42)(H,37,38,44)/b15-12+. The number of rotatable bonds is 10. The third kappa shape index (κ3) is 6.90. The van der Waals surface area contributed by atoms with Gasteiger partial charge in [-0.15, -0.1) is 0 Å². The normalized spacial score (nSPS) is 13.8. The number of aliphatic carboxylic acids is 1. The Hall–Kier alpha value is -4.58. The van der Waals surface area contributed by atoms with Crippen molar-refractivity contribution < 1.29 is 24.2 Å². The number of fused-ring (bicyclic) bond motifs is 1. The van der Waals surface area contributed by atoms with E-state index in [2.05, 4.69) is 46.1 Å². The predicted octanol–water partition coefficient (Wildman–Crippen LogP) is 6.09. The molecule has 1 aliphatic carbocycles. The average molecular weight is 676 g/mol. The maximum absolute atomic E-state index is 13.5. The Balaban J connectivity index is 1.39. The quantitative estimate of drug-likeness (QED) is 0.171. The average Bonchev–Trinajstić information content (AvgIpc) is 3.63. The molecule has 0 unspecified atom stereocenters. The number of ether oxygens (including phenoxy) is 1. The van der Waals surface area contributed by atoms with Crippen molar-refractivity contribution in [2.24, 2.45) is 7.05 Å². The lowest BCUT2D eigenvalue weighted by Crippen LogP contribution is -2.52. The van der Waals surface area contributed by atoms with Gasteiger partial charge in [-0.3, -0.25) is 9.59 Å². The molecule has 4 aromatic rings. The van der Waals surface area contributed by atoms with Crippen molar-refractivity contribution in [2.75, 3.05) is 11.9 Å². The second-order valence-corrected chi connectivity index (χ2v) is 12.4. The molecule has 0 saturated heterocycles. The van der Waals surface area contributed by atoms with Gasteiger partial charge in [0.15, 0.2) is 5.82 Å². The van der Waals surface area contributed by atoms with E-state index in [1.807, 2.05) is 19.2 Å². The van der Waals surface area contributed by atoms with E-state index < -0.39 is 23.3 Å². The lowest BCUT2D eigenvalue weighted by molar-refractivity contribution is -0.131. The van der Waals surface area contributed by atoms with Gasteiger partial charge in [0.1, 0.15) is 11.4 Å². The largest absolute Gasteiger partial charge is 0.478 e. The van der Waals surface area contributed by atoms with Gasteiger partial charge in [0.05, 0.1) is 16.8 Å². The van der Waals surface area contributed by atoms with E-state index in [0.29, 0.717) is 29.5 Å². The number of nitrogens with one attached hydrogen (secondary N) is 2. The minimum Gasteiger partial charge on any atom is -0.478 e. The van der Waals surface area contributed by atoms with Crippen LogP contribution in [0.5, 0.6) is 5.88 Å². The lowest BCUT2D eigenvalue weighted by atomic mass is 9.93. The molecule has 0 radical (unpaired) electrons. The van der Waals surface area contributed by atoms with Crippen molar-refractivity contribution in [1.82, 2.24) is 24.8 Å². The SMILES string of the molecule is CCOc1nc(NC(=O)C(C)(C)NC(=O)c2ccc3c(C4CCCC4)c(-c4ncc(Br)cn4)n(C)c3c2)ccc1/C=C/C(=O)O.